The van der Waals surface area contributed by atoms with E-state index in [0.717, 1.165) is 19.1 Å². The first-order valence-electron chi connectivity index (χ1n) is 8.10. The Morgan fingerprint density at radius 3 is 2.74 bits per heavy atom. The molecule has 0 amide bonds. The summed E-state index contributed by atoms with van der Waals surface area (Å²) in [5, 5.41) is 13.5. The number of piperazine rings is 1. The van der Waals surface area contributed by atoms with Crippen LogP contribution < -0.4 is 5.32 Å². The lowest BCUT2D eigenvalue weighted by Crippen LogP contribution is -2.61. The van der Waals surface area contributed by atoms with Gasteiger partial charge in [-0.15, -0.1) is 0 Å². The maximum atomic E-state index is 9.94. The zero-order chi connectivity index (χ0) is 13.3. The maximum absolute atomic E-state index is 9.94. The van der Waals surface area contributed by atoms with Gasteiger partial charge in [0.05, 0.1) is 12.1 Å². The van der Waals surface area contributed by atoms with Crippen LogP contribution >= 0.6 is 0 Å². The Kier molecular flexibility index (Phi) is 4.13. The van der Waals surface area contributed by atoms with E-state index < -0.39 is 0 Å². The minimum Gasteiger partial charge on any atom is -0.394 e. The molecule has 3 rings (SSSR count). The molecule has 0 radical (unpaired) electrons. The summed E-state index contributed by atoms with van der Waals surface area (Å²) in [6.07, 6.45) is 5.32. The molecule has 2 unspecified atom stereocenters. The topological polar surface area (TPSA) is 38.7 Å². The molecule has 3 fully saturated rings. The minimum atomic E-state index is -0.0322. The third-order valence-electron chi connectivity index (χ3n) is 5.35. The Bertz CT molecular complexity index is 308. The van der Waals surface area contributed by atoms with Crippen LogP contribution in [0, 0.1) is 5.92 Å². The van der Waals surface area contributed by atoms with Gasteiger partial charge >= 0.3 is 0 Å². The number of nitrogens with one attached hydrogen (secondary N) is 1. The van der Waals surface area contributed by atoms with E-state index in [1.807, 2.05) is 0 Å². The van der Waals surface area contributed by atoms with Gasteiger partial charge in [-0.1, -0.05) is 6.92 Å². The van der Waals surface area contributed by atoms with Crippen LogP contribution in [0.2, 0.25) is 0 Å². The van der Waals surface area contributed by atoms with Gasteiger partial charge in [0.25, 0.3) is 0 Å². The summed E-state index contributed by atoms with van der Waals surface area (Å²) < 4.78 is 0. The van der Waals surface area contributed by atoms with Crippen LogP contribution in [0.4, 0.5) is 0 Å². The van der Waals surface area contributed by atoms with Gasteiger partial charge in [0.1, 0.15) is 0 Å². The number of aliphatic hydroxyl groups is 1. The summed E-state index contributed by atoms with van der Waals surface area (Å²) in [4.78, 5) is 5.26. The molecule has 2 atom stereocenters. The van der Waals surface area contributed by atoms with Crippen molar-refractivity contribution in [3.63, 3.8) is 0 Å². The van der Waals surface area contributed by atoms with E-state index in [0.29, 0.717) is 5.92 Å². The number of rotatable bonds is 6. The van der Waals surface area contributed by atoms with Crippen LogP contribution in [-0.4, -0.2) is 72.4 Å². The first-order chi connectivity index (χ1) is 9.27. The van der Waals surface area contributed by atoms with Crippen molar-refractivity contribution in [2.45, 2.75) is 44.2 Å². The van der Waals surface area contributed by atoms with E-state index in [1.165, 1.54) is 51.9 Å². The number of nitrogens with zero attached hydrogens (tertiary/aromatic N) is 2. The number of likely N-dealkylation sites (N-methyl/N-ethyl adjacent to an activating group) is 1. The van der Waals surface area contributed by atoms with Gasteiger partial charge in [0.2, 0.25) is 0 Å². The molecule has 4 heteroatoms. The molecule has 2 aliphatic heterocycles. The average molecular weight is 267 g/mol. The second-order valence-corrected chi connectivity index (χ2v) is 6.69. The first kappa shape index (κ1) is 13.8. The molecule has 4 nitrogen and oxygen atoms in total. The van der Waals surface area contributed by atoms with Crippen molar-refractivity contribution in [2.24, 2.45) is 5.92 Å². The highest BCUT2D eigenvalue weighted by molar-refractivity contribution is 5.03. The number of hydrogen-bond donors (Lipinski definition) is 2. The van der Waals surface area contributed by atoms with Gasteiger partial charge in [0.15, 0.2) is 0 Å². The fourth-order valence-corrected chi connectivity index (χ4v) is 4.15. The molecule has 1 saturated carbocycles. The SMILES string of the molecule is CCNC(CO)(CN1CCN2CCCC2C1)C1CC1. The van der Waals surface area contributed by atoms with Gasteiger partial charge in [-0.05, 0) is 44.7 Å². The number of hydrogen-bond acceptors (Lipinski definition) is 4. The highest BCUT2D eigenvalue weighted by atomic mass is 16.3. The van der Waals surface area contributed by atoms with Crippen LogP contribution in [0.25, 0.3) is 0 Å². The first-order valence-corrected chi connectivity index (χ1v) is 8.10. The fourth-order valence-electron chi connectivity index (χ4n) is 4.15. The van der Waals surface area contributed by atoms with E-state index in [4.69, 9.17) is 0 Å². The zero-order valence-electron chi connectivity index (χ0n) is 12.3. The molecule has 110 valence electrons. The van der Waals surface area contributed by atoms with Gasteiger partial charge in [-0.3, -0.25) is 9.80 Å². The molecule has 0 aromatic rings. The quantitative estimate of drug-likeness (QED) is 0.736. The Morgan fingerprint density at radius 2 is 2.05 bits per heavy atom. The van der Waals surface area contributed by atoms with Crippen molar-refractivity contribution in [3.8, 4) is 0 Å². The van der Waals surface area contributed by atoms with E-state index in [2.05, 4.69) is 22.0 Å². The molecule has 0 aromatic heterocycles. The molecule has 0 spiro atoms. The summed E-state index contributed by atoms with van der Waals surface area (Å²) in [5.74, 6) is 0.694. The minimum absolute atomic E-state index is 0.0322. The Labute approximate surface area is 117 Å². The lowest BCUT2D eigenvalue weighted by atomic mass is 9.92. The van der Waals surface area contributed by atoms with Gasteiger partial charge in [-0.25, -0.2) is 0 Å². The summed E-state index contributed by atoms with van der Waals surface area (Å²) in [5.41, 5.74) is -0.0322. The Morgan fingerprint density at radius 1 is 1.21 bits per heavy atom. The van der Waals surface area contributed by atoms with Crippen LogP contribution in [0.1, 0.15) is 32.6 Å². The molecule has 2 N–H and O–H groups in total. The van der Waals surface area contributed by atoms with Crippen molar-refractivity contribution >= 4 is 0 Å². The van der Waals surface area contributed by atoms with Crippen molar-refractivity contribution in [1.29, 1.82) is 0 Å². The number of fused-ring (bicyclic) bond motifs is 1. The molecule has 2 saturated heterocycles. The predicted molar refractivity (Wildman–Crippen MR) is 77.3 cm³/mol. The zero-order valence-corrected chi connectivity index (χ0v) is 12.3. The second-order valence-electron chi connectivity index (χ2n) is 6.69. The third-order valence-corrected chi connectivity index (χ3v) is 5.35. The molecular formula is C15H29N3O. The fraction of sp³-hybridized carbons (Fsp3) is 1.00. The molecular weight excluding hydrogens is 238 g/mol. The van der Waals surface area contributed by atoms with E-state index in [-0.39, 0.29) is 12.1 Å². The van der Waals surface area contributed by atoms with Crippen molar-refractivity contribution in [2.75, 3.05) is 45.9 Å². The van der Waals surface area contributed by atoms with Crippen LogP contribution in [-0.2, 0) is 0 Å². The van der Waals surface area contributed by atoms with Crippen LogP contribution in [0.3, 0.4) is 0 Å². The molecule has 0 bridgehead atoms. The lowest BCUT2D eigenvalue weighted by Gasteiger charge is -2.43. The van der Waals surface area contributed by atoms with Crippen LogP contribution in [0.15, 0.2) is 0 Å². The molecule has 2 heterocycles. The standard InChI is InChI=1S/C15H29N3O/c1-2-16-15(12-19,13-5-6-13)11-17-8-9-18-7-3-4-14(18)10-17/h13-14,16,19H,2-12H2,1H3. The Hall–Kier alpha value is -0.160. The monoisotopic (exact) mass is 267 g/mol. The van der Waals surface area contributed by atoms with Crippen molar-refractivity contribution in [3.05, 3.63) is 0 Å². The smallest absolute Gasteiger partial charge is 0.0628 e. The average Bonchev–Trinajstić information content (AvgIpc) is 3.17. The van der Waals surface area contributed by atoms with E-state index >= 15 is 0 Å². The molecule has 3 aliphatic rings. The molecule has 0 aromatic carbocycles. The largest absolute Gasteiger partial charge is 0.394 e. The number of aliphatic hydroxyl groups excluding tert-OH is 1. The normalized spacial score (nSPS) is 32.2. The maximum Gasteiger partial charge on any atom is 0.0628 e. The molecule has 1 aliphatic carbocycles. The highest BCUT2D eigenvalue weighted by Crippen LogP contribution is 2.40. The van der Waals surface area contributed by atoms with Crippen molar-refractivity contribution < 1.29 is 5.11 Å². The second kappa shape index (κ2) is 5.68. The predicted octanol–water partition coefficient (Wildman–Crippen LogP) is 0.517. The van der Waals surface area contributed by atoms with Crippen molar-refractivity contribution in [1.82, 2.24) is 15.1 Å². The Balaban J connectivity index is 1.61. The summed E-state index contributed by atoms with van der Waals surface area (Å²) in [6.45, 7) is 9.35. The van der Waals surface area contributed by atoms with E-state index in [9.17, 15) is 5.11 Å². The highest BCUT2D eigenvalue weighted by Gasteiger charge is 2.46. The third kappa shape index (κ3) is 2.82. The van der Waals surface area contributed by atoms with Gasteiger partial charge < -0.3 is 10.4 Å². The van der Waals surface area contributed by atoms with Gasteiger partial charge in [0, 0.05) is 32.2 Å². The summed E-state index contributed by atoms with van der Waals surface area (Å²) in [7, 11) is 0. The summed E-state index contributed by atoms with van der Waals surface area (Å²) >= 11 is 0. The summed E-state index contributed by atoms with van der Waals surface area (Å²) in [6, 6.07) is 0.783. The van der Waals surface area contributed by atoms with E-state index in [1.54, 1.807) is 0 Å². The lowest BCUT2D eigenvalue weighted by molar-refractivity contribution is 0.0473. The molecule has 19 heavy (non-hydrogen) atoms. The van der Waals surface area contributed by atoms with Gasteiger partial charge in [-0.2, -0.15) is 0 Å². The van der Waals surface area contributed by atoms with Crippen LogP contribution in [0.5, 0.6) is 0 Å².